The van der Waals surface area contributed by atoms with Crippen LogP contribution in [0.5, 0.6) is 0 Å². The molecule has 0 fully saturated rings. The normalized spacial score (nSPS) is 17.6. The molecule has 0 heterocycles. The molecule has 0 saturated heterocycles. The molecule has 0 heteroatoms. The molecule has 0 rings (SSSR count). The highest BCUT2D eigenvalue weighted by atomic mass is 14.4. The third-order valence-electron chi connectivity index (χ3n) is 6.43. The van der Waals surface area contributed by atoms with Crippen molar-refractivity contribution < 1.29 is 0 Å². The van der Waals surface area contributed by atoms with Gasteiger partial charge in [0.05, 0.1) is 0 Å². The first-order valence-electron chi connectivity index (χ1n) is 10.5. The first-order chi connectivity index (χ1) is 10.9. The minimum absolute atomic E-state index is 0.496. The minimum atomic E-state index is 0.496. The van der Waals surface area contributed by atoms with Crippen molar-refractivity contribution in [3.8, 4) is 0 Å². The van der Waals surface area contributed by atoms with E-state index in [1.807, 2.05) is 0 Å². The van der Waals surface area contributed by atoms with Crippen molar-refractivity contribution >= 4 is 0 Å². The first-order valence-corrected chi connectivity index (χ1v) is 10.5. The Morgan fingerprint density at radius 3 is 2.13 bits per heavy atom. The van der Waals surface area contributed by atoms with E-state index < -0.39 is 0 Å². The Morgan fingerprint density at radius 2 is 1.57 bits per heavy atom. The minimum Gasteiger partial charge on any atom is -0.0885 e. The Hall–Kier alpha value is -0.260. The van der Waals surface area contributed by atoms with Crippen LogP contribution < -0.4 is 0 Å². The molecule has 3 atom stereocenters. The summed E-state index contributed by atoms with van der Waals surface area (Å²) in [6, 6.07) is 0. The molecule has 0 aliphatic carbocycles. The molecule has 0 amide bonds. The second-order valence-electron chi connectivity index (χ2n) is 8.52. The Morgan fingerprint density at radius 1 is 0.870 bits per heavy atom. The second-order valence-corrected chi connectivity index (χ2v) is 8.52. The fourth-order valence-corrected chi connectivity index (χ4v) is 3.51. The van der Waals surface area contributed by atoms with Gasteiger partial charge in [-0.05, 0) is 48.9 Å². The van der Waals surface area contributed by atoms with Crippen LogP contribution in [0.2, 0.25) is 0 Å². The van der Waals surface area contributed by atoms with Gasteiger partial charge in [-0.1, -0.05) is 99.1 Å². The van der Waals surface area contributed by atoms with E-state index in [9.17, 15) is 0 Å². The highest BCUT2D eigenvalue weighted by Crippen LogP contribution is 2.42. The van der Waals surface area contributed by atoms with Crippen LogP contribution in [0, 0.1) is 23.2 Å². The predicted molar refractivity (Wildman–Crippen MR) is 108 cm³/mol. The second kappa shape index (κ2) is 13.1. The van der Waals surface area contributed by atoms with Gasteiger partial charge in [-0.3, -0.25) is 0 Å². The molecular weight excluding hydrogens is 276 g/mol. The summed E-state index contributed by atoms with van der Waals surface area (Å²) in [5.74, 6) is 2.47. The molecule has 0 saturated carbocycles. The first kappa shape index (κ1) is 22.7. The summed E-state index contributed by atoms with van der Waals surface area (Å²) in [5, 5.41) is 0. The number of rotatable bonds is 14. The molecule has 0 aromatic rings. The summed E-state index contributed by atoms with van der Waals surface area (Å²) in [7, 11) is 0. The zero-order valence-electron chi connectivity index (χ0n) is 17.5. The molecule has 138 valence electrons. The van der Waals surface area contributed by atoms with Gasteiger partial charge in [0.1, 0.15) is 0 Å². The van der Waals surface area contributed by atoms with Gasteiger partial charge in [0.2, 0.25) is 0 Å². The fraction of sp³-hybridized carbons (Fsp3) is 0.913. The van der Waals surface area contributed by atoms with Gasteiger partial charge >= 0.3 is 0 Å². The van der Waals surface area contributed by atoms with Crippen molar-refractivity contribution in [3.05, 3.63) is 12.2 Å². The van der Waals surface area contributed by atoms with Crippen LogP contribution in [-0.4, -0.2) is 0 Å². The van der Waals surface area contributed by atoms with E-state index in [1.54, 1.807) is 0 Å². The quantitative estimate of drug-likeness (QED) is 0.222. The number of unbranched alkanes of at least 4 members (excludes halogenated alkanes) is 4. The molecular formula is C23H46. The Bertz CT molecular complexity index is 288. The molecule has 0 aromatic carbocycles. The summed E-state index contributed by atoms with van der Waals surface area (Å²) in [4.78, 5) is 0. The van der Waals surface area contributed by atoms with Crippen molar-refractivity contribution in [2.75, 3.05) is 0 Å². The van der Waals surface area contributed by atoms with Crippen molar-refractivity contribution in [2.45, 2.75) is 113 Å². The van der Waals surface area contributed by atoms with Gasteiger partial charge in [0.15, 0.2) is 0 Å². The average Bonchev–Trinajstić information content (AvgIpc) is 2.53. The van der Waals surface area contributed by atoms with Gasteiger partial charge in [0.25, 0.3) is 0 Å². The largest absolute Gasteiger partial charge is 0.0885 e. The van der Waals surface area contributed by atoms with Gasteiger partial charge in [-0.15, -0.1) is 0 Å². The monoisotopic (exact) mass is 322 g/mol. The Labute approximate surface area is 148 Å². The molecule has 0 radical (unpaired) electrons. The SMILES string of the molecule is CCCCCC(C)(C(C)C)C(C)CC=CCCCCC(C)CC. The van der Waals surface area contributed by atoms with E-state index in [0.29, 0.717) is 5.41 Å². The molecule has 0 aliphatic heterocycles. The molecule has 0 nitrogen and oxygen atoms in total. The van der Waals surface area contributed by atoms with E-state index in [1.165, 1.54) is 64.2 Å². The van der Waals surface area contributed by atoms with Crippen molar-refractivity contribution in [1.29, 1.82) is 0 Å². The van der Waals surface area contributed by atoms with Crippen LogP contribution in [0.25, 0.3) is 0 Å². The molecule has 0 bridgehead atoms. The van der Waals surface area contributed by atoms with Gasteiger partial charge in [0, 0.05) is 0 Å². The highest BCUT2D eigenvalue weighted by Gasteiger charge is 2.32. The van der Waals surface area contributed by atoms with E-state index >= 15 is 0 Å². The summed E-state index contributed by atoms with van der Waals surface area (Å²) >= 11 is 0. The zero-order chi connectivity index (χ0) is 17.7. The topological polar surface area (TPSA) is 0 Å². The van der Waals surface area contributed by atoms with E-state index in [-0.39, 0.29) is 0 Å². The van der Waals surface area contributed by atoms with Crippen molar-refractivity contribution in [1.82, 2.24) is 0 Å². The van der Waals surface area contributed by atoms with E-state index in [4.69, 9.17) is 0 Å². The van der Waals surface area contributed by atoms with Crippen LogP contribution in [0.15, 0.2) is 12.2 Å². The van der Waals surface area contributed by atoms with Gasteiger partial charge < -0.3 is 0 Å². The van der Waals surface area contributed by atoms with Gasteiger partial charge in [-0.25, -0.2) is 0 Å². The number of hydrogen-bond acceptors (Lipinski definition) is 0. The molecule has 0 aromatic heterocycles. The zero-order valence-corrected chi connectivity index (χ0v) is 17.5. The summed E-state index contributed by atoms with van der Waals surface area (Å²) in [5.41, 5.74) is 0.496. The van der Waals surface area contributed by atoms with Crippen LogP contribution in [-0.2, 0) is 0 Å². The molecule has 0 spiro atoms. The fourth-order valence-electron chi connectivity index (χ4n) is 3.51. The average molecular weight is 323 g/mol. The summed E-state index contributed by atoms with van der Waals surface area (Å²) < 4.78 is 0. The molecule has 0 aliphatic rings. The lowest BCUT2D eigenvalue weighted by molar-refractivity contribution is 0.109. The predicted octanol–water partition coefficient (Wildman–Crippen LogP) is 8.42. The Kier molecular flexibility index (Phi) is 12.9. The van der Waals surface area contributed by atoms with Crippen molar-refractivity contribution in [2.24, 2.45) is 23.2 Å². The van der Waals surface area contributed by atoms with Crippen LogP contribution in [0.3, 0.4) is 0 Å². The maximum absolute atomic E-state index is 2.53. The third-order valence-corrected chi connectivity index (χ3v) is 6.43. The van der Waals surface area contributed by atoms with Crippen LogP contribution in [0.1, 0.15) is 113 Å². The van der Waals surface area contributed by atoms with Gasteiger partial charge in [-0.2, -0.15) is 0 Å². The summed E-state index contributed by atoms with van der Waals surface area (Å²) in [6.45, 7) is 16.8. The van der Waals surface area contributed by atoms with Crippen LogP contribution >= 0.6 is 0 Å². The molecule has 0 N–H and O–H groups in total. The lowest BCUT2D eigenvalue weighted by Crippen LogP contribution is -2.31. The standard InChI is InChI=1S/C23H46/c1-8-10-16-19-23(7,20(3)4)22(6)18-15-13-11-12-14-17-21(5)9-2/h13,15,20-22H,8-12,14,16-19H2,1-7H3. The lowest BCUT2D eigenvalue weighted by atomic mass is 9.66. The highest BCUT2D eigenvalue weighted by molar-refractivity contribution is 4.90. The maximum Gasteiger partial charge on any atom is -0.0274 e. The summed E-state index contributed by atoms with van der Waals surface area (Å²) in [6.07, 6.45) is 18.5. The molecule has 23 heavy (non-hydrogen) atoms. The van der Waals surface area contributed by atoms with E-state index in [0.717, 1.165) is 17.8 Å². The number of allylic oxidation sites excluding steroid dienone is 2. The Balaban J connectivity index is 4.11. The third kappa shape index (κ3) is 9.58. The van der Waals surface area contributed by atoms with Crippen molar-refractivity contribution in [3.63, 3.8) is 0 Å². The maximum atomic E-state index is 2.53. The lowest BCUT2D eigenvalue weighted by Gasteiger charge is -2.39. The number of hydrogen-bond donors (Lipinski definition) is 0. The van der Waals surface area contributed by atoms with E-state index in [2.05, 4.69) is 60.6 Å². The van der Waals surface area contributed by atoms with Crippen LogP contribution in [0.4, 0.5) is 0 Å². The molecule has 3 unspecified atom stereocenters. The smallest absolute Gasteiger partial charge is 0.0274 e.